The minimum absolute atomic E-state index is 0.00680. The van der Waals surface area contributed by atoms with Crippen LogP contribution in [-0.2, 0) is 28.9 Å². The normalized spacial score (nSPS) is 27.8. The molecule has 6 nitrogen and oxygen atoms in total. The Balaban J connectivity index is 1.93. The van der Waals surface area contributed by atoms with E-state index in [0.29, 0.717) is 43.2 Å². The number of fused-ring (bicyclic) bond motifs is 3. The number of hydrogen-bond acceptors (Lipinski definition) is 6. The number of carbonyl (C=O) groups is 3. The van der Waals surface area contributed by atoms with Gasteiger partial charge in [-0.25, -0.2) is 0 Å². The molecule has 0 bridgehead atoms. The van der Waals surface area contributed by atoms with E-state index in [1.54, 1.807) is 6.92 Å². The second-order valence-electron chi connectivity index (χ2n) is 9.04. The third kappa shape index (κ3) is 2.77. The maximum absolute atomic E-state index is 13.5. The van der Waals surface area contributed by atoms with Gasteiger partial charge in [-0.2, -0.15) is 0 Å². The monoisotopic (exact) mass is 424 g/mol. The van der Waals surface area contributed by atoms with Crippen LogP contribution in [0.4, 0.5) is 0 Å². The third-order valence-electron chi connectivity index (χ3n) is 7.35. The van der Waals surface area contributed by atoms with Crippen molar-refractivity contribution < 1.29 is 29.7 Å². The van der Waals surface area contributed by atoms with E-state index in [1.165, 1.54) is 6.92 Å². The molecule has 0 aliphatic heterocycles. The lowest BCUT2D eigenvalue weighted by Crippen LogP contribution is -2.56. The molecule has 3 aliphatic rings. The number of aliphatic hydroxyl groups is 2. The molecule has 3 N–H and O–H groups in total. The van der Waals surface area contributed by atoms with Gasteiger partial charge in [-0.05, 0) is 68.6 Å². The largest absolute Gasteiger partial charge is 0.508 e. The number of allylic oxidation sites excluding steroid dienone is 2. The summed E-state index contributed by atoms with van der Waals surface area (Å²) in [5.74, 6) is -3.56. The highest BCUT2D eigenvalue weighted by Gasteiger charge is 2.58. The van der Waals surface area contributed by atoms with Crippen LogP contribution in [0.1, 0.15) is 67.6 Å². The molecule has 6 heteroatoms. The zero-order valence-electron chi connectivity index (χ0n) is 18.3. The summed E-state index contributed by atoms with van der Waals surface area (Å²) in [6, 6.07) is 1.94. The maximum atomic E-state index is 13.5. The second kappa shape index (κ2) is 7.16. The van der Waals surface area contributed by atoms with Crippen LogP contribution in [0, 0.1) is 11.8 Å². The van der Waals surface area contributed by atoms with Crippen LogP contribution in [0.5, 0.6) is 5.75 Å². The molecule has 164 valence electrons. The number of rotatable bonds is 3. The van der Waals surface area contributed by atoms with Crippen LogP contribution >= 0.6 is 0 Å². The summed E-state index contributed by atoms with van der Waals surface area (Å²) in [6.07, 6.45) is 2.34. The van der Waals surface area contributed by atoms with E-state index < -0.39 is 34.6 Å². The average Bonchev–Trinajstić information content (AvgIpc) is 2.70. The number of aliphatic hydroxyl groups excluding tert-OH is 1. The van der Waals surface area contributed by atoms with Crippen molar-refractivity contribution in [3.05, 3.63) is 50.8 Å². The number of aromatic hydroxyl groups is 1. The standard InChI is InChI=1S/C25H28O6/c1-5-13-8-14(6-2)21(27)20-17(13)10-15-9-16-7-11(3)18(12(4)26)23(29)25(16,31)24(30)19(15)22(20)28/h8,15-16,27,30-31H,5-7,9-10H2,1-4H3/t15-,16-,25-/m0/s1. The van der Waals surface area contributed by atoms with E-state index in [2.05, 4.69) is 0 Å². The first-order chi connectivity index (χ1) is 14.6. The highest BCUT2D eigenvalue weighted by atomic mass is 16.3. The van der Waals surface area contributed by atoms with Crippen LogP contribution in [0.2, 0.25) is 0 Å². The Morgan fingerprint density at radius 2 is 1.77 bits per heavy atom. The molecule has 0 spiro atoms. The molecule has 31 heavy (non-hydrogen) atoms. The summed E-state index contributed by atoms with van der Waals surface area (Å²) in [5, 5.41) is 33.3. The van der Waals surface area contributed by atoms with Gasteiger partial charge in [0.25, 0.3) is 0 Å². The van der Waals surface area contributed by atoms with Gasteiger partial charge >= 0.3 is 0 Å². The SMILES string of the molecule is CCc1cc(CC)c2c(c1O)C(=O)C1=C(O)[C@@]3(O)C(=O)C(C(C)=O)=C(C)C[C@H]3C[C@H]1C2. The van der Waals surface area contributed by atoms with Gasteiger partial charge in [-0.1, -0.05) is 25.5 Å². The number of Topliss-reactive ketones (excluding diaryl/α,β-unsaturated/α-hetero) is 3. The van der Waals surface area contributed by atoms with Crippen molar-refractivity contribution in [1.82, 2.24) is 0 Å². The smallest absolute Gasteiger partial charge is 0.205 e. The lowest BCUT2D eigenvalue weighted by molar-refractivity contribution is -0.143. The molecular weight excluding hydrogens is 396 g/mol. The van der Waals surface area contributed by atoms with E-state index >= 15 is 0 Å². The van der Waals surface area contributed by atoms with E-state index in [4.69, 9.17) is 0 Å². The number of benzene rings is 1. The fraction of sp³-hybridized carbons (Fsp3) is 0.480. The number of phenolic OH excluding ortho intramolecular Hbond substituents is 1. The van der Waals surface area contributed by atoms with Crippen LogP contribution in [0.25, 0.3) is 0 Å². The van der Waals surface area contributed by atoms with E-state index in [-0.39, 0.29) is 28.4 Å². The van der Waals surface area contributed by atoms with Crippen molar-refractivity contribution in [3.8, 4) is 5.75 Å². The molecule has 0 saturated heterocycles. The van der Waals surface area contributed by atoms with Gasteiger partial charge in [-0.15, -0.1) is 0 Å². The van der Waals surface area contributed by atoms with Crippen molar-refractivity contribution in [2.75, 3.05) is 0 Å². The Kier molecular flexibility index (Phi) is 4.97. The van der Waals surface area contributed by atoms with Crippen LogP contribution < -0.4 is 0 Å². The minimum atomic E-state index is -2.29. The highest BCUT2D eigenvalue weighted by molar-refractivity contribution is 6.25. The molecule has 0 heterocycles. The molecule has 1 aromatic carbocycles. The maximum Gasteiger partial charge on any atom is 0.205 e. The Labute approximate surface area is 181 Å². The average molecular weight is 424 g/mol. The molecule has 4 rings (SSSR count). The van der Waals surface area contributed by atoms with Gasteiger partial charge in [0.15, 0.2) is 17.2 Å². The molecule has 0 unspecified atom stereocenters. The Bertz CT molecular complexity index is 1110. The predicted molar refractivity (Wildman–Crippen MR) is 114 cm³/mol. The molecule has 1 aromatic rings. The summed E-state index contributed by atoms with van der Waals surface area (Å²) < 4.78 is 0. The number of aryl methyl sites for hydroxylation is 2. The van der Waals surface area contributed by atoms with Crippen molar-refractivity contribution in [1.29, 1.82) is 0 Å². The number of ketones is 3. The van der Waals surface area contributed by atoms with E-state index in [9.17, 15) is 29.7 Å². The molecule has 3 atom stereocenters. The van der Waals surface area contributed by atoms with Crippen LogP contribution in [0.3, 0.4) is 0 Å². The van der Waals surface area contributed by atoms with Gasteiger partial charge in [-0.3, -0.25) is 14.4 Å². The van der Waals surface area contributed by atoms with Gasteiger partial charge in [0, 0.05) is 11.5 Å². The number of carbonyl (C=O) groups excluding carboxylic acids is 3. The van der Waals surface area contributed by atoms with Crippen LogP contribution in [-0.4, -0.2) is 38.3 Å². The topological polar surface area (TPSA) is 112 Å². The molecule has 0 amide bonds. The zero-order valence-corrected chi connectivity index (χ0v) is 18.3. The first-order valence-electron chi connectivity index (χ1n) is 10.9. The molecule has 0 fully saturated rings. The predicted octanol–water partition coefficient (Wildman–Crippen LogP) is 3.31. The third-order valence-corrected chi connectivity index (χ3v) is 7.35. The van der Waals surface area contributed by atoms with Crippen molar-refractivity contribution in [2.45, 2.75) is 65.4 Å². The lowest BCUT2D eigenvalue weighted by atomic mass is 9.59. The summed E-state index contributed by atoms with van der Waals surface area (Å²) in [5.41, 5.74) is 0.805. The van der Waals surface area contributed by atoms with E-state index in [1.807, 2.05) is 19.9 Å². The van der Waals surface area contributed by atoms with Crippen LogP contribution in [0.15, 0.2) is 28.5 Å². The Morgan fingerprint density at radius 1 is 1.13 bits per heavy atom. The highest BCUT2D eigenvalue weighted by Crippen LogP contribution is 2.52. The van der Waals surface area contributed by atoms with E-state index in [0.717, 1.165) is 11.1 Å². The fourth-order valence-corrected chi connectivity index (χ4v) is 5.82. The molecule has 0 aromatic heterocycles. The Hall–Kier alpha value is -2.73. The first-order valence-corrected chi connectivity index (χ1v) is 10.9. The second-order valence-corrected chi connectivity index (χ2v) is 9.04. The summed E-state index contributed by atoms with van der Waals surface area (Å²) in [4.78, 5) is 38.7. The Morgan fingerprint density at radius 3 is 2.35 bits per heavy atom. The molecule has 3 aliphatic carbocycles. The quantitative estimate of drug-likeness (QED) is 0.642. The first kappa shape index (κ1) is 21.5. The summed E-state index contributed by atoms with van der Waals surface area (Å²) >= 11 is 0. The zero-order chi connectivity index (χ0) is 22.8. The summed E-state index contributed by atoms with van der Waals surface area (Å²) in [6.45, 7) is 6.84. The van der Waals surface area contributed by atoms with Gasteiger partial charge in [0.05, 0.1) is 11.1 Å². The molecular formula is C25H28O6. The van der Waals surface area contributed by atoms with Gasteiger partial charge in [0.1, 0.15) is 11.5 Å². The number of phenols is 1. The fourth-order valence-electron chi connectivity index (χ4n) is 5.82. The molecule has 0 saturated carbocycles. The van der Waals surface area contributed by atoms with Gasteiger partial charge < -0.3 is 15.3 Å². The molecule has 0 radical (unpaired) electrons. The lowest BCUT2D eigenvalue weighted by Gasteiger charge is -2.46. The number of hydrogen-bond donors (Lipinski definition) is 3. The van der Waals surface area contributed by atoms with Gasteiger partial charge in [0.2, 0.25) is 5.78 Å². The van der Waals surface area contributed by atoms with Crippen molar-refractivity contribution in [2.24, 2.45) is 11.8 Å². The summed E-state index contributed by atoms with van der Waals surface area (Å²) in [7, 11) is 0. The minimum Gasteiger partial charge on any atom is -0.508 e. The van der Waals surface area contributed by atoms with Crippen molar-refractivity contribution >= 4 is 17.3 Å². The van der Waals surface area contributed by atoms with Crippen molar-refractivity contribution in [3.63, 3.8) is 0 Å².